The average molecular weight is 284 g/mol. The fourth-order valence-corrected chi connectivity index (χ4v) is 2.82. The summed E-state index contributed by atoms with van der Waals surface area (Å²) in [6, 6.07) is 7.64. The minimum atomic E-state index is -0.116. The van der Waals surface area contributed by atoms with E-state index in [4.69, 9.17) is 0 Å². The van der Waals surface area contributed by atoms with Gasteiger partial charge in [0, 0.05) is 12.4 Å². The van der Waals surface area contributed by atoms with Crippen LogP contribution in [0.15, 0.2) is 43.0 Å². The first-order valence-electron chi connectivity index (χ1n) is 7.37. The summed E-state index contributed by atoms with van der Waals surface area (Å²) in [4.78, 5) is 16.6. The number of imidazole rings is 1. The van der Waals surface area contributed by atoms with Crippen LogP contribution < -0.4 is 10.6 Å². The molecule has 0 saturated carbocycles. The molecule has 0 radical (unpaired) electrons. The van der Waals surface area contributed by atoms with Gasteiger partial charge in [-0.15, -0.1) is 0 Å². The van der Waals surface area contributed by atoms with Gasteiger partial charge in [0.25, 0.3) is 0 Å². The van der Waals surface area contributed by atoms with Crippen LogP contribution in [0.25, 0.3) is 5.69 Å². The monoisotopic (exact) mass is 284 g/mol. The fraction of sp³-hybridized carbons (Fsp3) is 0.375. The molecule has 1 aliphatic rings. The Kier molecular flexibility index (Phi) is 4.01. The molecule has 3 rings (SSSR count). The van der Waals surface area contributed by atoms with Crippen LogP contribution in [0, 0.1) is 5.92 Å². The van der Waals surface area contributed by atoms with E-state index in [1.807, 2.05) is 35.0 Å². The molecule has 5 nitrogen and oxygen atoms in total. The van der Waals surface area contributed by atoms with E-state index >= 15 is 0 Å². The lowest BCUT2D eigenvalue weighted by atomic mass is 9.92. The first-order valence-corrected chi connectivity index (χ1v) is 7.37. The summed E-state index contributed by atoms with van der Waals surface area (Å²) >= 11 is 0. The van der Waals surface area contributed by atoms with Crippen LogP contribution in [-0.4, -0.2) is 28.0 Å². The number of benzene rings is 1. The summed E-state index contributed by atoms with van der Waals surface area (Å²) in [6.07, 6.45) is 7.55. The highest BCUT2D eigenvalue weighted by Crippen LogP contribution is 2.22. The number of carbonyl (C=O) groups excluding carboxylic acids is 1. The summed E-state index contributed by atoms with van der Waals surface area (Å²) in [6.45, 7) is 3.03. The first-order chi connectivity index (χ1) is 10.3. The molecular weight excluding hydrogens is 264 g/mol. The Hall–Kier alpha value is -2.14. The Bertz CT molecular complexity index is 608. The van der Waals surface area contributed by atoms with Crippen LogP contribution in [0.3, 0.4) is 0 Å². The van der Waals surface area contributed by atoms with E-state index in [0.717, 1.165) is 30.8 Å². The van der Waals surface area contributed by atoms with Crippen molar-refractivity contribution in [3.63, 3.8) is 0 Å². The van der Waals surface area contributed by atoms with Crippen LogP contribution in [0.4, 0.5) is 5.69 Å². The van der Waals surface area contributed by atoms with Gasteiger partial charge < -0.3 is 15.2 Å². The zero-order valence-corrected chi connectivity index (χ0v) is 12.1. The number of para-hydroxylation sites is 2. The zero-order valence-electron chi connectivity index (χ0n) is 12.1. The molecule has 21 heavy (non-hydrogen) atoms. The predicted octanol–water partition coefficient (Wildman–Crippen LogP) is 2.20. The Balaban J connectivity index is 1.80. The molecule has 2 unspecified atom stereocenters. The molecule has 5 heteroatoms. The topological polar surface area (TPSA) is 59.0 Å². The molecule has 0 spiro atoms. The zero-order chi connectivity index (χ0) is 14.7. The molecule has 0 bridgehead atoms. The maximum Gasteiger partial charge on any atom is 0.241 e. The number of aromatic nitrogens is 2. The van der Waals surface area contributed by atoms with E-state index in [0.29, 0.717) is 5.92 Å². The number of anilines is 1. The summed E-state index contributed by atoms with van der Waals surface area (Å²) in [7, 11) is 0. The number of nitrogens with zero attached hydrogens (tertiary/aromatic N) is 2. The van der Waals surface area contributed by atoms with Crippen LogP contribution >= 0.6 is 0 Å². The number of hydrogen-bond donors (Lipinski definition) is 2. The van der Waals surface area contributed by atoms with Gasteiger partial charge in [-0.05, 0) is 37.4 Å². The number of hydrogen-bond acceptors (Lipinski definition) is 3. The molecule has 1 aromatic heterocycles. The van der Waals surface area contributed by atoms with E-state index in [1.165, 1.54) is 0 Å². The standard InChI is InChI=1S/C16H20N4O/c1-12-5-4-8-18-15(12)16(21)19-13-6-2-3-7-14(13)20-10-9-17-11-20/h2-3,6-7,9-12,15,18H,4-5,8H2,1H3,(H,19,21). The summed E-state index contributed by atoms with van der Waals surface area (Å²) in [5, 5.41) is 6.36. The van der Waals surface area contributed by atoms with Crippen molar-refractivity contribution in [1.29, 1.82) is 0 Å². The van der Waals surface area contributed by atoms with Crippen LogP contribution in [0.5, 0.6) is 0 Å². The Morgan fingerprint density at radius 3 is 3.05 bits per heavy atom. The molecule has 1 amide bonds. The quantitative estimate of drug-likeness (QED) is 0.908. The van der Waals surface area contributed by atoms with Gasteiger partial charge in [-0.1, -0.05) is 19.1 Å². The molecule has 2 aromatic rings. The molecule has 1 aromatic carbocycles. The van der Waals surface area contributed by atoms with Crippen LogP contribution in [-0.2, 0) is 4.79 Å². The lowest BCUT2D eigenvalue weighted by Gasteiger charge is -2.29. The molecule has 110 valence electrons. The molecule has 2 heterocycles. The van der Waals surface area contributed by atoms with Gasteiger partial charge >= 0.3 is 0 Å². The second-order valence-corrected chi connectivity index (χ2v) is 5.53. The molecular formula is C16H20N4O. The maximum absolute atomic E-state index is 12.5. The number of nitrogens with one attached hydrogen (secondary N) is 2. The third-order valence-corrected chi connectivity index (χ3v) is 4.00. The maximum atomic E-state index is 12.5. The largest absolute Gasteiger partial charge is 0.323 e. The number of carbonyl (C=O) groups is 1. The van der Waals surface area contributed by atoms with Gasteiger partial charge in [0.15, 0.2) is 0 Å². The SMILES string of the molecule is CC1CCCNC1C(=O)Nc1ccccc1-n1ccnc1. The van der Waals surface area contributed by atoms with Gasteiger partial charge in [0.2, 0.25) is 5.91 Å². The van der Waals surface area contributed by atoms with Crippen LogP contribution in [0.2, 0.25) is 0 Å². The predicted molar refractivity (Wildman–Crippen MR) is 82.4 cm³/mol. The van der Waals surface area contributed by atoms with Crippen molar-refractivity contribution in [2.75, 3.05) is 11.9 Å². The van der Waals surface area contributed by atoms with Gasteiger partial charge in [-0.3, -0.25) is 4.79 Å². The van der Waals surface area contributed by atoms with E-state index in [1.54, 1.807) is 12.5 Å². The van der Waals surface area contributed by atoms with Crippen molar-refractivity contribution in [2.24, 2.45) is 5.92 Å². The van der Waals surface area contributed by atoms with Crippen molar-refractivity contribution in [1.82, 2.24) is 14.9 Å². The lowest BCUT2D eigenvalue weighted by Crippen LogP contribution is -2.48. The van der Waals surface area contributed by atoms with Gasteiger partial charge in [0.1, 0.15) is 0 Å². The van der Waals surface area contributed by atoms with Gasteiger partial charge in [0.05, 0.1) is 23.7 Å². The third-order valence-electron chi connectivity index (χ3n) is 4.00. The van der Waals surface area contributed by atoms with E-state index in [2.05, 4.69) is 22.5 Å². The van der Waals surface area contributed by atoms with E-state index < -0.39 is 0 Å². The van der Waals surface area contributed by atoms with Crippen LogP contribution in [0.1, 0.15) is 19.8 Å². The number of amides is 1. The number of piperidine rings is 1. The molecule has 1 aliphatic heterocycles. The molecule has 1 saturated heterocycles. The summed E-state index contributed by atoms with van der Waals surface area (Å²) in [5.74, 6) is 0.397. The molecule has 2 N–H and O–H groups in total. The smallest absolute Gasteiger partial charge is 0.241 e. The Morgan fingerprint density at radius 2 is 2.29 bits per heavy atom. The second-order valence-electron chi connectivity index (χ2n) is 5.53. The summed E-state index contributed by atoms with van der Waals surface area (Å²) in [5.41, 5.74) is 1.73. The Labute approximate surface area is 124 Å². The fourth-order valence-electron chi connectivity index (χ4n) is 2.82. The van der Waals surface area contributed by atoms with E-state index in [9.17, 15) is 4.79 Å². The molecule has 0 aliphatic carbocycles. The lowest BCUT2D eigenvalue weighted by molar-refractivity contribution is -0.119. The van der Waals surface area contributed by atoms with E-state index in [-0.39, 0.29) is 11.9 Å². The highest BCUT2D eigenvalue weighted by atomic mass is 16.2. The highest BCUT2D eigenvalue weighted by molar-refractivity contribution is 5.96. The first kappa shape index (κ1) is 13.8. The third kappa shape index (κ3) is 2.97. The van der Waals surface area contributed by atoms with Gasteiger partial charge in [-0.25, -0.2) is 4.98 Å². The Morgan fingerprint density at radius 1 is 1.43 bits per heavy atom. The van der Waals surface area contributed by atoms with Crippen molar-refractivity contribution < 1.29 is 4.79 Å². The summed E-state index contributed by atoms with van der Waals surface area (Å²) < 4.78 is 1.90. The van der Waals surface area contributed by atoms with Crippen molar-refractivity contribution in [3.05, 3.63) is 43.0 Å². The average Bonchev–Trinajstić information content (AvgIpc) is 3.02. The van der Waals surface area contributed by atoms with Gasteiger partial charge in [-0.2, -0.15) is 0 Å². The van der Waals surface area contributed by atoms with Crippen molar-refractivity contribution >= 4 is 11.6 Å². The molecule has 2 atom stereocenters. The van der Waals surface area contributed by atoms with Crippen molar-refractivity contribution in [3.8, 4) is 5.69 Å². The normalized spacial score (nSPS) is 22.0. The molecule has 1 fully saturated rings. The minimum Gasteiger partial charge on any atom is -0.323 e. The minimum absolute atomic E-state index is 0.0368. The highest BCUT2D eigenvalue weighted by Gasteiger charge is 2.27. The second kappa shape index (κ2) is 6.10. The number of rotatable bonds is 3. The van der Waals surface area contributed by atoms with Crippen molar-refractivity contribution in [2.45, 2.75) is 25.8 Å².